The number of rotatable bonds is 5. The normalized spacial score (nSPS) is 17.2. The molecule has 3 heterocycles. The van der Waals surface area contributed by atoms with Gasteiger partial charge in [0.1, 0.15) is 0 Å². The van der Waals surface area contributed by atoms with Crippen LogP contribution in [0.3, 0.4) is 0 Å². The molecule has 0 spiro atoms. The summed E-state index contributed by atoms with van der Waals surface area (Å²) in [6.45, 7) is 2.21. The van der Waals surface area contributed by atoms with E-state index in [0.717, 1.165) is 42.7 Å². The Morgan fingerprint density at radius 3 is 2.62 bits per heavy atom. The van der Waals surface area contributed by atoms with Gasteiger partial charge in [-0.2, -0.15) is 4.98 Å². The number of hydrogen-bond acceptors (Lipinski definition) is 5. The molecule has 2 N–H and O–H groups in total. The number of piperidine rings is 1. The predicted molar refractivity (Wildman–Crippen MR) is 114 cm³/mol. The second kappa shape index (κ2) is 7.87. The lowest BCUT2D eigenvalue weighted by atomic mass is 10.1. The van der Waals surface area contributed by atoms with E-state index in [0.29, 0.717) is 24.3 Å². The topological polar surface area (TPSA) is 91.1 Å². The van der Waals surface area contributed by atoms with E-state index in [4.69, 9.17) is 10.7 Å². The lowest BCUT2D eigenvalue weighted by molar-refractivity contribution is 0.491. The Morgan fingerprint density at radius 1 is 1.14 bits per heavy atom. The summed E-state index contributed by atoms with van der Waals surface area (Å²) in [7, 11) is 3.18. The first kappa shape index (κ1) is 19.4. The van der Waals surface area contributed by atoms with Gasteiger partial charge in [-0.05, 0) is 31.2 Å². The number of aromatic nitrogens is 4. The van der Waals surface area contributed by atoms with Gasteiger partial charge in [0.2, 0.25) is 5.95 Å². The number of anilines is 1. The summed E-state index contributed by atoms with van der Waals surface area (Å²) < 4.78 is 4.60. The standard InChI is InChI=1S/C21H28N6O2/c1-24-18-17(19(28)25(2)21(24)29)27(13-6-10-15-8-4-3-5-9-15)20(23-18)26-12-7-11-16(22)14-26/h3-5,8-9,16H,6-7,10-14,22H2,1-2H3. The van der Waals surface area contributed by atoms with Crippen molar-refractivity contribution >= 4 is 17.1 Å². The maximum absolute atomic E-state index is 13.0. The van der Waals surface area contributed by atoms with Gasteiger partial charge in [0.25, 0.3) is 5.56 Å². The third-order valence-corrected chi connectivity index (χ3v) is 5.76. The van der Waals surface area contributed by atoms with Crippen molar-refractivity contribution in [2.24, 2.45) is 19.8 Å². The van der Waals surface area contributed by atoms with Crippen LogP contribution in [0.1, 0.15) is 24.8 Å². The lowest BCUT2D eigenvalue weighted by Gasteiger charge is -2.31. The first-order valence-corrected chi connectivity index (χ1v) is 10.2. The molecule has 1 unspecified atom stereocenters. The average molecular weight is 396 g/mol. The Balaban J connectivity index is 1.77. The monoisotopic (exact) mass is 396 g/mol. The molecule has 29 heavy (non-hydrogen) atoms. The van der Waals surface area contributed by atoms with Crippen molar-refractivity contribution in [2.45, 2.75) is 38.3 Å². The third kappa shape index (κ3) is 3.60. The van der Waals surface area contributed by atoms with Crippen molar-refractivity contribution in [3.63, 3.8) is 0 Å². The van der Waals surface area contributed by atoms with Crippen LogP contribution >= 0.6 is 0 Å². The molecule has 2 aromatic heterocycles. The van der Waals surface area contributed by atoms with E-state index in [1.807, 2.05) is 22.8 Å². The minimum absolute atomic E-state index is 0.0907. The van der Waals surface area contributed by atoms with E-state index < -0.39 is 0 Å². The molecule has 0 amide bonds. The average Bonchev–Trinajstić information content (AvgIpc) is 3.11. The molecule has 1 atom stereocenters. The molecule has 1 aliphatic rings. The smallest absolute Gasteiger partial charge is 0.332 e. The Kier molecular flexibility index (Phi) is 5.27. The van der Waals surface area contributed by atoms with Crippen molar-refractivity contribution in [1.82, 2.24) is 18.7 Å². The van der Waals surface area contributed by atoms with Crippen LogP contribution in [0.2, 0.25) is 0 Å². The molecule has 1 aromatic carbocycles. The molecular weight excluding hydrogens is 368 g/mol. The molecule has 0 radical (unpaired) electrons. The highest BCUT2D eigenvalue weighted by Gasteiger charge is 2.25. The second-order valence-electron chi connectivity index (χ2n) is 7.88. The van der Waals surface area contributed by atoms with E-state index in [1.54, 1.807) is 7.05 Å². The summed E-state index contributed by atoms with van der Waals surface area (Å²) in [6, 6.07) is 10.4. The Morgan fingerprint density at radius 2 is 1.90 bits per heavy atom. The van der Waals surface area contributed by atoms with Crippen LogP contribution in [0.25, 0.3) is 11.2 Å². The summed E-state index contributed by atoms with van der Waals surface area (Å²) in [6.07, 6.45) is 3.76. The number of aryl methyl sites for hydroxylation is 3. The summed E-state index contributed by atoms with van der Waals surface area (Å²) in [5.74, 6) is 0.738. The van der Waals surface area contributed by atoms with Gasteiger partial charge in [-0.3, -0.25) is 13.9 Å². The third-order valence-electron chi connectivity index (χ3n) is 5.76. The number of nitrogens with two attached hydrogens (primary N) is 1. The minimum Gasteiger partial charge on any atom is -0.341 e. The molecular formula is C21H28N6O2. The van der Waals surface area contributed by atoms with Crippen molar-refractivity contribution in [2.75, 3.05) is 18.0 Å². The quantitative estimate of drug-likeness (QED) is 0.695. The van der Waals surface area contributed by atoms with Crippen molar-refractivity contribution in [3.8, 4) is 0 Å². The summed E-state index contributed by atoms with van der Waals surface area (Å²) in [5, 5.41) is 0. The number of benzene rings is 1. The number of imidazole rings is 1. The molecule has 4 rings (SSSR count). The molecule has 8 nitrogen and oxygen atoms in total. The predicted octanol–water partition coefficient (Wildman–Crippen LogP) is 0.994. The van der Waals surface area contributed by atoms with Gasteiger partial charge >= 0.3 is 5.69 Å². The molecule has 3 aromatic rings. The van der Waals surface area contributed by atoms with Gasteiger partial charge < -0.3 is 15.2 Å². The van der Waals surface area contributed by atoms with Crippen molar-refractivity contribution in [1.29, 1.82) is 0 Å². The molecule has 1 aliphatic heterocycles. The van der Waals surface area contributed by atoms with Gasteiger partial charge in [-0.15, -0.1) is 0 Å². The van der Waals surface area contributed by atoms with Crippen molar-refractivity contribution < 1.29 is 0 Å². The van der Waals surface area contributed by atoms with Crippen LogP contribution in [0, 0.1) is 0 Å². The molecule has 1 saturated heterocycles. The zero-order valence-electron chi connectivity index (χ0n) is 17.0. The fraction of sp³-hybridized carbons (Fsp3) is 0.476. The van der Waals surface area contributed by atoms with Gasteiger partial charge in [0, 0.05) is 39.8 Å². The Hall–Kier alpha value is -2.87. The highest BCUT2D eigenvalue weighted by atomic mass is 16.2. The van der Waals surface area contributed by atoms with E-state index >= 15 is 0 Å². The van der Waals surface area contributed by atoms with Crippen LogP contribution < -0.4 is 21.9 Å². The summed E-state index contributed by atoms with van der Waals surface area (Å²) in [4.78, 5) is 32.3. The molecule has 8 heteroatoms. The molecule has 1 fully saturated rings. The van der Waals surface area contributed by atoms with E-state index in [-0.39, 0.29) is 17.3 Å². The van der Waals surface area contributed by atoms with E-state index in [1.165, 1.54) is 17.2 Å². The Labute approximate surface area is 169 Å². The SMILES string of the molecule is Cn1c(=O)c2c(nc(N3CCCC(N)C3)n2CCCc2ccccc2)n(C)c1=O. The zero-order valence-corrected chi connectivity index (χ0v) is 17.0. The van der Waals surface area contributed by atoms with Crippen LogP contribution in [-0.2, 0) is 27.1 Å². The second-order valence-corrected chi connectivity index (χ2v) is 7.88. The largest absolute Gasteiger partial charge is 0.341 e. The maximum atomic E-state index is 13.0. The van der Waals surface area contributed by atoms with Crippen LogP contribution in [0.4, 0.5) is 5.95 Å². The van der Waals surface area contributed by atoms with E-state index in [2.05, 4.69) is 17.0 Å². The maximum Gasteiger partial charge on any atom is 0.332 e. The van der Waals surface area contributed by atoms with Gasteiger partial charge in [0.15, 0.2) is 11.2 Å². The lowest BCUT2D eigenvalue weighted by Crippen LogP contribution is -2.44. The zero-order chi connectivity index (χ0) is 20.5. The Bertz CT molecular complexity index is 1130. The van der Waals surface area contributed by atoms with Gasteiger partial charge in [0.05, 0.1) is 0 Å². The molecule has 154 valence electrons. The number of fused-ring (bicyclic) bond motifs is 1. The van der Waals surface area contributed by atoms with Crippen LogP contribution in [-0.4, -0.2) is 37.8 Å². The first-order chi connectivity index (χ1) is 14.0. The number of hydrogen-bond donors (Lipinski definition) is 1. The van der Waals surface area contributed by atoms with Gasteiger partial charge in [-0.25, -0.2) is 4.79 Å². The summed E-state index contributed by atoms with van der Waals surface area (Å²) in [5.41, 5.74) is 7.71. The highest BCUT2D eigenvalue weighted by Crippen LogP contribution is 2.23. The molecule has 0 aliphatic carbocycles. The highest BCUT2D eigenvalue weighted by molar-refractivity contribution is 5.74. The van der Waals surface area contributed by atoms with Gasteiger partial charge in [-0.1, -0.05) is 30.3 Å². The summed E-state index contributed by atoms with van der Waals surface area (Å²) >= 11 is 0. The molecule has 0 saturated carbocycles. The van der Waals surface area contributed by atoms with Crippen LogP contribution in [0.15, 0.2) is 39.9 Å². The fourth-order valence-electron chi connectivity index (χ4n) is 4.17. The number of nitrogens with zero attached hydrogens (tertiary/aromatic N) is 5. The molecule has 0 bridgehead atoms. The van der Waals surface area contributed by atoms with E-state index in [9.17, 15) is 9.59 Å². The minimum atomic E-state index is -0.363. The first-order valence-electron chi connectivity index (χ1n) is 10.2. The van der Waals surface area contributed by atoms with Crippen LogP contribution in [0.5, 0.6) is 0 Å². The fourth-order valence-corrected chi connectivity index (χ4v) is 4.17. The van der Waals surface area contributed by atoms with Crippen molar-refractivity contribution in [3.05, 3.63) is 56.7 Å².